The number of carbonyl (C=O) groups is 1. The fraction of sp³-hybridized carbons (Fsp3) is 0.769. The summed E-state index contributed by atoms with van der Waals surface area (Å²) in [5, 5.41) is -0.353. The molecular weight excluding hydrogens is 266 g/mol. The molecule has 1 N–H and O–H groups in total. The van der Waals surface area contributed by atoms with Crippen LogP contribution in [-0.4, -0.2) is 33.3 Å². The Morgan fingerprint density at radius 2 is 2.11 bits per heavy atom. The Balaban J connectivity index is 2.24. The van der Waals surface area contributed by atoms with Crippen LogP contribution in [0.4, 0.5) is 0 Å². The lowest BCUT2D eigenvalue weighted by Crippen LogP contribution is -2.36. The van der Waals surface area contributed by atoms with Crippen molar-refractivity contribution in [1.82, 2.24) is 4.72 Å². The molecule has 1 fully saturated rings. The van der Waals surface area contributed by atoms with E-state index in [4.69, 9.17) is 4.74 Å². The predicted molar refractivity (Wildman–Crippen MR) is 74.1 cm³/mol. The van der Waals surface area contributed by atoms with Gasteiger partial charge in [0.05, 0.1) is 5.25 Å². The number of nitrogens with one attached hydrogen (secondary N) is 1. The first kappa shape index (κ1) is 16.2. The average molecular weight is 289 g/mol. The predicted octanol–water partition coefficient (Wildman–Crippen LogP) is 1.60. The van der Waals surface area contributed by atoms with Gasteiger partial charge >= 0.3 is 0 Å². The maximum absolute atomic E-state index is 11.7. The summed E-state index contributed by atoms with van der Waals surface area (Å²) >= 11 is 0. The number of sulfonamides is 1. The summed E-state index contributed by atoms with van der Waals surface area (Å²) in [6, 6.07) is 0. The molecule has 0 aromatic carbocycles. The van der Waals surface area contributed by atoms with Crippen molar-refractivity contribution in [3.63, 3.8) is 0 Å². The molecule has 6 heteroatoms. The highest BCUT2D eigenvalue weighted by Crippen LogP contribution is 2.27. The van der Waals surface area contributed by atoms with Crippen molar-refractivity contribution in [2.75, 3.05) is 13.7 Å². The SMILES string of the molecule is COCCC/C=C\C[C@H](C)C(=O)NS(=O)(=O)C1CC1. The van der Waals surface area contributed by atoms with Crippen molar-refractivity contribution in [1.29, 1.82) is 0 Å². The van der Waals surface area contributed by atoms with Crippen LogP contribution in [0.1, 0.15) is 39.0 Å². The van der Waals surface area contributed by atoms with Crippen molar-refractivity contribution < 1.29 is 17.9 Å². The number of amides is 1. The molecule has 0 spiro atoms. The Bertz CT molecular complexity index is 412. The summed E-state index contributed by atoms with van der Waals surface area (Å²) in [6.07, 6.45) is 7.65. The molecule has 1 atom stereocenters. The van der Waals surface area contributed by atoms with Gasteiger partial charge < -0.3 is 4.74 Å². The number of allylic oxidation sites excluding steroid dienone is 2. The highest BCUT2D eigenvalue weighted by atomic mass is 32.2. The van der Waals surface area contributed by atoms with Gasteiger partial charge in [-0.25, -0.2) is 8.42 Å². The first-order valence-corrected chi connectivity index (χ1v) is 8.21. The van der Waals surface area contributed by atoms with Crippen LogP contribution in [0, 0.1) is 5.92 Å². The van der Waals surface area contributed by atoms with Crippen LogP contribution in [0.5, 0.6) is 0 Å². The van der Waals surface area contributed by atoms with Crippen molar-refractivity contribution in [3.05, 3.63) is 12.2 Å². The van der Waals surface area contributed by atoms with Crippen LogP contribution in [-0.2, 0) is 19.6 Å². The minimum atomic E-state index is -3.41. The van der Waals surface area contributed by atoms with E-state index in [1.807, 2.05) is 12.2 Å². The monoisotopic (exact) mass is 289 g/mol. The minimum absolute atomic E-state index is 0.327. The molecule has 1 amide bonds. The van der Waals surface area contributed by atoms with Gasteiger partial charge in [-0.15, -0.1) is 0 Å². The molecule has 0 unspecified atom stereocenters. The lowest BCUT2D eigenvalue weighted by Gasteiger charge is -2.10. The molecule has 19 heavy (non-hydrogen) atoms. The maximum Gasteiger partial charge on any atom is 0.237 e. The first-order valence-electron chi connectivity index (χ1n) is 6.66. The quantitative estimate of drug-likeness (QED) is 0.517. The van der Waals surface area contributed by atoms with Crippen LogP contribution < -0.4 is 4.72 Å². The zero-order valence-corrected chi connectivity index (χ0v) is 12.4. The van der Waals surface area contributed by atoms with Gasteiger partial charge in [0.2, 0.25) is 15.9 Å². The number of hydrogen-bond donors (Lipinski definition) is 1. The van der Waals surface area contributed by atoms with Crippen molar-refractivity contribution in [2.45, 2.75) is 44.3 Å². The molecule has 1 aliphatic rings. The van der Waals surface area contributed by atoms with Gasteiger partial charge in [0.1, 0.15) is 0 Å². The van der Waals surface area contributed by atoms with Gasteiger partial charge in [0, 0.05) is 19.6 Å². The number of ether oxygens (including phenoxy) is 1. The van der Waals surface area contributed by atoms with Crippen LogP contribution in [0.3, 0.4) is 0 Å². The van der Waals surface area contributed by atoms with Gasteiger partial charge in [-0.1, -0.05) is 19.1 Å². The normalized spacial score (nSPS) is 17.6. The number of hydrogen-bond acceptors (Lipinski definition) is 4. The average Bonchev–Trinajstić information content (AvgIpc) is 3.17. The highest BCUT2D eigenvalue weighted by molar-refractivity contribution is 7.90. The largest absolute Gasteiger partial charge is 0.385 e. The topological polar surface area (TPSA) is 72.5 Å². The third-order valence-electron chi connectivity index (χ3n) is 3.03. The van der Waals surface area contributed by atoms with Crippen LogP contribution in [0.15, 0.2) is 12.2 Å². The van der Waals surface area contributed by atoms with Crippen molar-refractivity contribution in [2.24, 2.45) is 5.92 Å². The second-order valence-corrected chi connectivity index (χ2v) is 6.91. The van der Waals surface area contributed by atoms with Gasteiger partial charge in [-0.05, 0) is 32.1 Å². The smallest absolute Gasteiger partial charge is 0.237 e. The number of carbonyl (C=O) groups excluding carboxylic acids is 1. The number of rotatable bonds is 9. The summed E-state index contributed by atoms with van der Waals surface area (Å²) in [5.41, 5.74) is 0. The standard InChI is InChI=1S/C13H23NO4S/c1-11(7-5-3-4-6-10-18-2)13(15)14-19(16,17)12-8-9-12/h3,5,11-12H,4,6-10H2,1-2H3,(H,14,15)/b5-3-/t11-/m0/s1. The van der Waals surface area contributed by atoms with Crippen molar-refractivity contribution >= 4 is 15.9 Å². The molecule has 5 nitrogen and oxygen atoms in total. The molecule has 0 radical (unpaired) electrons. The molecule has 0 aromatic rings. The molecule has 1 aliphatic carbocycles. The number of unbranched alkanes of at least 4 members (excludes halogenated alkanes) is 1. The minimum Gasteiger partial charge on any atom is -0.385 e. The lowest BCUT2D eigenvalue weighted by molar-refractivity contribution is -0.122. The molecule has 1 rings (SSSR count). The molecule has 0 aliphatic heterocycles. The Morgan fingerprint density at radius 1 is 1.42 bits per heavy atom. The molecule has 1 saturated carbocycles. The fourth-order valence-corrected chi connectivity index (χ4v) is 2.98. The first-order chi connectivity index (χ1) is 8.97. The Labute approximate surface area is 115 Å². The number of methoxy groups -OCH3 is 1. The van der Waals surface area contributed by atoms with Crippen LogP contribution >= 0.6 is 0 Å². The third kappa shape index (κ3) is 6.20. The van der Waals surface area contributed by atoms with Crippen LogP contribution in [0.25, 0.3) is 0 Å². The zero-order valence-electron chi connectivity index (χ0n) is 11.6. The third-order valence-corrected chi connectivity index (χ3v) is 4.86. The Morgan fingerprint density at radius 3 is 2.68 bits per heavy atom. The Hall–Kier alpha value is -0.880. The Kier molecular flexibility index (Phi) is 6.51. The van der Waals surface area contributed by atoms with E-state index in [9.17, 15) is 13.2 Å². The van der Waals surface area contributed by atoms with Crippen molar-refractivity contribution in [3.8, 4) is 0 Å². The fourth-order valence-electron chi connectivity index (χ4n) is 1.57. The van der Waals surface area contributed by atoms with E-state index in [0.717, 1.165) is 19.4 Å². The molecule has 0 aromatic heterocycles. The van der Waals surface area contributed by atoms with Gasteiger partial charge in [-0.2, -0.15) is 0 Å². The lowest BCUT2D eigenvalue weighted by atomic mass is 10.1. The van der Waals surface area contributed by atoms with Crippen LogP contribution in [0.2, 0.25) is 0 Å². The van der Waals surface area contributed by atoms with E-state index in [1.165, 1.54) is 0 Å². The van der Waals surface area contributed by atoms with E-state index in [0.29, 0.717) is 19.3 Å². The van der Waals surface area contributed by atoms with E-state index in [2.05, 4.69) is 4.72 Å². The van der Waals surface area contributed by atoms with E-state index in [1.54, 1.807) is 14.0 Å². The molecule has 0 bridgehead atoms. The summed E-state index contributed by atoms with van der Waals surface area (Å²) in [5.74, 6) is -0.736. The maximum atomic E-state index is 11.7. The van der Waals surface area contributed by atoms with E-state index < -0.39 is 15.9 Å². The molecule has 110 valence electrons. The van der Waals surface area contributed by atoms with Gasteiger partial charge in [0.15, 0.2) is 0 Å². The zero-order chi connectivity index (χ0) is 14.3. The summed E-state index contributed by atoms with van der Waals surface area (Å²) < 4.78 is 30.3. The summed E-state index contributed by atoms with van der Waals surface area (Å²) in [6.45, 7) is 2.46. The second-order valence-electron chi connectivity index (χ2n) is 4.95. The molecule has 0 heterocycles. The molecule has 0 saturated heterocycles. The summed E-state index contributed by atoms with van der Waals surface area (Å²) in [4.78, 5) is 11.7. The second kappa shape index (κ2) is 7.65. The van der Waals surface area contributed by atoms with E-state index in [-0.39, 0.29) is 11.2 Å². The highest BCUT2D eigenvalue weighted by Gasteiger charge is 2.37. The van der Waals surface area contributed by atoms with Gasteiger partial charge in [0.25, 0.3) is 0 Å². The van der Waals surface area contributed by atoms with Gasteiger partial charge in [-0.3, -0.25) is 9.52 Å². The summed E-state index contributed by atoms with van der Waals surface area (Å²) in [7, 11) is -1.75. The van der Waals surface area contributed by atoms with E-state index >= 15 is 0 Å². The molecular formula is C13H23NO4S.